The first-order valence-electron chi connectivity index (χ1n) is 6.34. The largest absolute Gasteiger partial charge is 0.391 e. The Hall–Kier alpha value is -1.13. The summed E-state index contributed by atoms with van der Waals surface area (Å²) in [5.74, 6) is 0. The molecule has 20 heavy (non-hydrogen) atoms. The van der Waals surface area contributed by atoms with Crippen LogP contribution in [0.5, 0.6) is 0 Å². The molecule has 1 aliphatic rings. The Morgan fingerprint density at radius 3 is 2.70 bits per heavy atom. The summed E-state index contributed by atoms with van der Waals surface area (Å²) in [6.07, 6.45) is 2.23. The predicted octanol–water partition coefficient (Wildman–Crippen LogP) is 1.79. The maximum Gasteiger partial charge on any atom is 0.242 e. The fourth-order valence-electron chi connectivity index (χ4n) is 2.35. The smallest absolute Gasteiger partial charge is 0.242 e. The van der Waals surface area contributed by atoms with E-state index in [1.807, 2.05) is 0 Å². The molecule has 0 bridgehead atoms. The molecule has 2 N–H and O–H groups in total. The first kappa shape index (κ1) is 15.3. The van der Waals surface area contributed by atoms with Gasteiger partial charge >= 0.3 is 0 Å². The van der Waals surface area contributed by atoms with E-state index in [0.29, 0.717) is 12.8 Å². The Labute approximate surface area is 123 Å². The lowest BCUT2D eigenvalue weighted by Crippen LogP contribution is -2.45. The van der Waals surface area contributed by atoms with Gasteiger partial charge in [-0.1, -0.05) is 30.5 Å². The Kier molecular flexibility index (Phi) is 4.66. The molecule has 5 nitrogen and oxygen atoms in total. The highest BCUT2D eigenvalue weighted by Crippen LogP contribution is 2.25. The van der Waals surface area contributed by atoms with Crippen LogP contribution < -0.4 is 4.72 Å². The molecular weight excluding hydrogens is 300 g/mol. The van der Waals surface area contributed by atoms with Crippen LogP contribution in [0.4, 0.5) is 0 Å². The molecule has 0 saturated heterocycles. The summed E-state index contributed by atoms with van der Waals surface area (Å²) < 4.78 is 27.2. The van der Waals surface area contributed by atoms with Gasteiger partial charge in [-0.25, -0.2) is 13.1 Å². The van der Waals surface area contributed by atoms with E-state index in [1.165, 1.54) is 18.2 Å². The zero-order valence-corrected chi connectivity index (χ0v) is 12.3. The number of sulfonamides is 1. The summed E-state index contributed by atoms with van der Waals surface area (Å²) in [4.78, 5) is -0.148. The van der Waals surface area contributed by atoms with Crippen molar-refractivity contribution in [2.45, 2.75) is 42.7 Å². The molecule has 1 aromatic carbocycles. The molecular formula is C13H15ClN2O3S. The minimum atomic E-state index is -3.88. The maximum absolute atomic E-state index is 12.3. The second-order valence-electron chi connectivity index (χ2n) is 4.80. The van der Waals surface area contributed by atoms with Crippen LogP contribution in [0.2, 0.25) is 5.02 Å². The Morgan fingerprint density at radius 1 is 1.35 bits per heavy atom. The van der Waals surface area contributed by atoms with Crippen LogP contribution in [0.15, 0.2) is 23.1 Å². The van der Waals surface area contributed by atoms with Crippen molar-refractivity contribution in [3.8, 4) is 6.07 Å². The summed E-state index contributed by atoms with van der Waals surface area (Å²) in [7, 11) is -3.88. The molecule has 2 unspecified atom stereocenters. The summed E-state index contributed by atoms with van der Waals surface area (Å²) in [5.41, 5.74) is -0.0769. The average molecular weight is 315 g/mol. The fourth-order valence-corrected chi connectivity index (χ4v) is 4.10. The van der Waals surface area contributed by atoms with Gasteiger partial charge in [0.05, 0.1) is 16.7 Å². The standard InChI is InChI=1S/C13H15ClN2O3S/c14-10-4-3-7-13(9(10)8-15)20(18,19)16-11-5-1-2-6-12(11)17/h3-4,7,11-12,16-17H,1-2,5-6H2. The molecule has 1 fully saturated rings. The Morgan fingerprint density at radius 2 is 2.05 bits per heavy atom. The zero-order valence-electron chi connectivity index (χ0n) is 10.7. The molecule has 0 amide bonds. The van der Waals surface area contributed by atoms with Crippen LogP contribution in [0.1, 0.15) is 31.2 Å². The number of rotatable bonds is 3. The number of halogens is 1. The molecule has 1 saturated carbocycles. The number of aliphatic hydroxyl groups is 1. The van der Waals surface area contributed by atoms with E-state index < -0.39 is 22.2 Å². The monoisotopic (exact) mass is 314 g/mol. The molecule has 2 rings (SSSR count). The lowest BCUT2D eigenvalue weighted by molar-refractivity contribution is 0.101. The second-order valence-corrected chi connectivity index (χ2v) is 6.89. The molecule has 0 aliphatic heterocycles. The van der Waals surface area contributed by atoms with Crippen LogP contribution in [0.3, 0.4) is 0 Å². The van der Waals surface area contributed by atoms with Crippen molar-refractivity contribution in [2.75, 3.05) is 0 Å². The van der Waals surface area contributed by atoms with Gasteiger partial charge in [-0.15, -0.1) is 0 Å². The van der Waals surface area contributed by atoms with E-state index in [4.69, 9.17) is 16.9 Å². The lowest BCUT2D eigenvalue weighted by Gasteiger charge is -2.28. The number of benzene rings is 1. The van der Waals surface area contributed by atoms with Crippen molar-refractivity contribution < 1.29 is 13.5 Å². The first-order chi connectivity index (χ1) is 9.45. The average Bonchev–Trinajstić information content (AvgIpc) is 2.41. The normalized spacial score (nSPS) is 23.2. The fraction of sp³-hybridized carbons (Fsp3) is 0.462. The lowest BCUT2D eigenvalue weighted by atomic mass is 9.93. The van der Waals surface area contributed by atoms with Crippen molar-refractivity contribution in [3.63, 3.8) is 0 Å². The first-order valence-corrected chi connectivity index (χ1v) is 8.21. The highest BCUT2D eigenvalue weighted by Gasteiger charge is 2.29. The molecule has 0 spiro atoms. The molecule has 0 heterocycles. The third-order valence-electron chi connectivity index (χ3n) is 3.41. The van der Waals surface area contributed by atoms with Gasteiger partial charge in [-0.3, -0.25) is 0 Å². The number of hydrogen-bond donors (Lipinski definition) is 2. The van der Waals surface area contributed by atoms with Gasteiger partial charge < -0.3 is 5.11 Å². The second kappa shape index (κ2) is 6.10. The maximum atomic E-state index is 12.3. The van der Waals surface area contributed by atoms with Gasteiger partial charge in [0.2, 0.25) is 10.0 Å². The number of nitrogens with one attached hydrogen (secondary N) is 1. The van der Waals surface area contributed by atoms with E-state index in [0.717, 1.165) is 12.8 Å². The van der Waals surface area contributed by atoms with Gasteiger partial charge in [-0.2, -0.15) is 5.26 Å². The zero-order chi connectivity index (χ0) is 14.8. The molecule has 0 aromatic heterocycles. The summed E-state index contributed by atoms with van der Waals surface area (Å²) in [5, 5.41) is 19.0. The number of hydrogen-bond acceptors (Lipinski definition) is 4. The highest BCUT2D eigenvalue weighted by atomic mass is 35.5. The van der Waals surface area contributed by atoms with E-state index in [9.17, 15) is 13.5 Å². The third-order valence-corrected chi connectivity index (χ3v) is 5.26. The summed E-state index contributed by atoms with van der Waals surface area (Å²) in [6, 6.07) is 5.57. The SMILES string of the molecule is N#Cc1c(Cl)cccc1S(=O)(=O)NC1CCCCC1O. The number of nitrogens with zero attached hydrogens (tertiary/aromatic N) is 1. The van der Waals surface area contributed by atoms with Gasteiger partial charge in [0.1, 0.15) is 11.0 Å². The molecule has 108 valence electrons. The van der Waals surface area contributed by atoms with Crippen molar-refractivity contribution in [1.29, 1.82) is 5.26 Å². The van der Waals surface area contributed by atoms with Gasteiger partial charge in [-0.05, 0) is 25.0 Å². The van der Waals surface area contributed by atoms with Crippen LogP contribution in [0.25, 0.3) is 0 Å². The third kappa shape index (κ3) is 3.13. The Balaban J connectivity index is 2.32. The van der Waals surface area contributed by atoms with E-state index >= 15 is 0 Å². The summed E-state index contributed by atoms with van der Waals surface area (Å²) >= 11 is 5.84. The Bertz CT molecular complexity index is 640. The molecule has 0 radical (unpaired) electrons. The highest BCUT2D eigenvalue weighted by molar-refractivity contribution is 7.89. The van der Waals surface area contributed by atoms with E-state index in [2.05, 4.69) is 4.72 Å². The van der Waals surface area contributed by atoms with E-state index in [1.54, 1.807) is 6.07 Å². The number of nitriles is 1. The molecule has 2 atom stereocenters. The van der Waals surface area contributed by atoms with Crippen LogP contribution in [-0.2, 0) is 10.0 Å². The topological polar surface area (TPSA) is 90.2 Å². The van der Waals surface area contributed by atoms with Crippen LogP contribution in [-0.4, -0.2) is 25.7 Å². The van der Waals surface area contributed by atoms with Crippen molar-refractivity contribution in [2.24, 2.45) is 0 Å². The van der Waals surface area contributed by atoms with Crippen molar-refractivity contribution >= 4 is 21.6 Å². The molecule has 7 heteroatoms. The van der Waals surface area contributed by atoms with Crippen molar-refractivity contribution in [3.05, 3.63) is 28.8 Å². The van der Waals surface area contributed by atoms with Crippen LogP contribution in [0, 0.1) is 11.3 Å². The van der Waals surface area contributed by atoms with Gasteiger partial charge in [0, 0.05) is 6.04 Å². The summed E-state index contributed by atoms with van der Waals surface area (Å²) in [6.45, 7) is 0. The van der Waals surface area contributed by atoms with Gasteiger partial charge in [0.25, 0.3) is 0 Å². The van der Waals surface area contributed by atoms with Gasteiger partial charge in [0.15, 0.2) is 0 Å². The minimum Gasteiger partial charge on any atom is -0.391 e. The predicted molar refractivity (Wildman–Crippen MR) is 74.8 cm³/mol. The van der Waals surface area contributed by atoms with E-state index in [-0.39, 0.29) is 15.5 Å². The number of aliphatic hydroxyl groups excluding tert-OH is 1. The van der Waals surface area contributed by atoms with Crippen molar-refractivity contribution in [1.82, 2.24) is 4.72 Å². The minimum absolute atomic E-state index is 0.0769. The molecule has 1 aliphatic carbocycles. The molecule has 1 aromatic rings. The quantitative estimate of drug-likeness (QED) is 0.890. The van der Waals surface area contributed by atoms with Crippen LogP contribution >= 0.6 is 11.6 Å².